The molecule has 5 heteroatoms. The number of aliphatic hydroxyl groups excluding tert-OH is 1. The lowest BCUT2D eigenvalue weighted by Gasteiger charge is -2.15. The molecule has 0 aliphatic rings. The maximum atomic E-state index is 9.87. The lowest BCUT2D eigenvalue weighted by molar-refractivity contribution is 0.190. The third-order valence-electron chi connectivity index (χ3n) is 2.83. The van der Waals surface area contributed by atoms with Gasteiger partial charge in [-0.3, -0.25) is 4.68 Å². The lowest BCUT2D eigenvalue weighted by Crippen LogP contribution is -1.99. The first kappa shape index (κ1) is 13.4. The molecule has 0 saturated carbocycles. The van der Waals surface area contributed by atoms with Crippen molar-refractivity contribution in [2.24, 2.45) is 0 Å². The van der Waals surface area contributed by atoms with Gasteiger partial charge in [-0.25, -0.2) is 0 Å². The minimum absolute atomic E-state index is 0.574. The highest BCUT2D eigenvalue weighted by Gasteiger charge is 2.16. The molecule has 0 bridgehead atoms. The van der Waals surface area contributed by atoms with Crippen LogP contribution in [-0.2, 0) is 6.54 Å². The summed E-state index contributed by atoms with van der Waals surface area (Å²) in [4.78, 5) is 0. The molecule has 19 heavy (non-hydrogen) atoms. The van der Waals surface area contributed by atoms with Gasteiger partial charge in [0.25, 0.3) is 0 Å². The molecule has 0 fully saturated rings. The van der Waals surface area contributed by atoms with E-state index in [1.54, 1.807) is 37.0 Å². The number of aliphatic hydroxyl groups is 1. The third kappa shape index (κ3) is 2.88. The molecule has 0 aliphatic carbocycles. The standard InChI is InChI=1S/C14H18N2O3/c1-4-16-9-11(8-15-16)19-13-7-5-6-12(18-3)14(13)10(2)17/h5-10,17H,4H2,1-3H3/t10-/m0/s1. The Morgan fingerprint density at radius 3 is 2.68 bits per heavy atom. The minimum atomic E-state index is -0.674. The Balaban J connectivity index is 2.33. The summed E-state index contributed by atoms with van der Waals surface area (Å²) in [7, 11) is 1.57. The molecule has 5 nitrogen and oxygen atoms in total. The van der Waals surface area contributed by atoms with Gasteiger partial charge >= 0.3 is 0 Å². The van der Waals surface area contributed by atoms with Gasteiger partial charge in [0.15, 0.2) is 5.75 Å². The van der Waals surface area contributed by atoms with E-state index in [9.17, 15) is 5.11 Å². The van der Waals surface area contributed by atoms with Crippen LogP contribution < -0.4 is 9.47 Å². The third-order valence-corrected chi connectivity index (χ3v) is 2.83. The van der Waals surface area contributed by atoms with Crippen LogP contribution in [0.25, 0.3) is 0 Å². The van der Waals surface area contributed by atoms with Crippen LogP contribution >= 0.6 is 0 Å². The molecule has 0 saturated heterocycles. The van der Waals surface area contributed by atoms with Crippen molar-refractivity contribution >= 4 is 0 Å². The number of methoxy groups -OCH3 is 1. The molecule has 1 aromatic carbocycles. The monoisotopic (exact) mass is 262 g/mol. The smallest absolute Gasteiger partial charge is 0.165 e. The summed E-state index contributed by atoms with van der Waals surface area (Å²) in [6.07, 6.45) is 2.78. The highest BCUT2D eigenvalue weighted by molar-refractivity contribution is 5.47. The van der Waals surface area contributed by atoms with Gasteiger partial charge in [0, 0.05) is 6.54 Å². The lowest BCUT2D eigenvalue weighted by atomic mass is 10.1. The number of ether oxygens (including phenoxy) is 2. The molecule has 0 spiro atoms. The summed E-state index contributed by atoms with van der Waals surface area (Å²) in [5, 5.41) is 14.0. The van der Waals surface area contributed by atoms with Crippen LogP contribution in [0.1, 0.15) is 25.5 Å². The SMILES string of the molecule is CCn1cc(Oc2cccc(OC)c2[C@H](C)O)cn1. The van der Waals surface area contributed by atoms with Gasteiger partial charge in [-0.15, -0.1) is 0 Å². The number of nitrogens with zero attached hydrogens (tertiary/aromatic N) is 2. The van der Waals surface area contributed by atoms with Crippen molar-refractivity contribution in [2.45, 2.75) is 26.5 Å². The topological polar surface area (TPSA) is 56.5 Å². The molecule has 0 amide bonds. The summed E-state index contributed by atoms with van der Waals surface area (Å²) >= 11 is 0. The number of rotatable bonds is 5. The number of aryl methyl sites for hydroxylation is 1. The van der Waals surface area contributed by atoms with Crippen molar-refractivity contribution in [1.29, 1.82) is 0 Å². The first-order chi connectivity index (χ1) is 9.15. The first-order valence-electron chi connectivity index (χ1n) is 6.21. The summed E-state index contributed by atoms with van der Waals surface area (Å²) in [5.41, 5.74) is 0.634. The second-order valence-corrected chi connectivity index (χ2v) is 4.18. The van der Waals surface area contributed by atoms with Crippen molar-refractivity contribution < 1.29 is 14.6 Å². The molecule has 0 aliphatic heterocycles. The number of hydrogen-bond acceptors (Lipinski definition) is 4. The maximum Gasteiger partial charge on any atom is 0.165 e. The molecule has 1 N–H and O–H groups in total. The van der Waals surface area contributed by atoms with Crippen LogP contribution in [0.5, 0.6) is 17.2 Å². The quantitative estimate of drug-likeness (QED) is 0.900. The molecule has 1 aromatic heterocycles. The van der Waals surface area contributed by atoms with Crippen molar-refractivity contribution in [1.82, 2.24) is 9.78 Å². The molecule has 1 heterocycles. The highest BCUT2D eigenvalue weighted by Crippen LogP contribution is 2.36. The van der Waals surface area contributed by atoms with Crippen LogP contribution in [0.2, 0.25) is 0 Å². The van der Waals surface area contributed by atoms with Crippen molar-refractivity contribution in [3.63, 3.8) is 0 Å². The Morgan fingerprint density at radius 1 is 1.37 bits per heavy atom. The Morgan fingerprint density at radius 2 is 2.11 bits per heavy atom. The summed E-state index contributed by atoms with van der Waals surface area (Å²) in [5.74, 6) is 1.82. The van der Waals surface area contributed by atoms with Crippen molar-refractivity contribution in [3.05, 3.63) is 36.2 Å². The van der Waals surface area contributed by atoms with Gasteiger partial charge in [0.05, 0.1) is 31.2 Å². The van der Waals surface area contributed by atoms with Crippen molar-refractivity contribution in [3.8, 4) is 17.2 Å². The molecule has 2 rings (SSSR count). The molecule has 2 aromatic rings. The fourth-order valence-electron chi connectivity index (χ4n) is 1.90. The molecule has 102 valence electrons. The van der Waals surface area contributed by atoms with E-state index in [1.165, 1.54) is 0 Å². The molecule has 0 radical (unpaired) electrons. The van der Waals surface area contributed by atoms with E-state index in [1.807, 2.05) is 19.2 Å². The van der Waals surface area contributed by atoms with Gasteiger partial charge < -0.3 is 14.6 Å². The van der Waals surface area contributed by atoms with Crippen LogP contribution in [0.4, 0.5) is 0 Å². The Kier molecular flexibility index (Phi) is 4.06. The average Bonchev–Trinajstić information content (AvgIpc) is 2.85. The molecule has 1 atom stereocenters. The minimum Gasteiger partial charge on any atom is -0.496 e. The van der Waals surface area contributed by atoms with E-state index in [0.29, 0.717) is 22.8 Å². The van der Waals surface area contributed by atoms with E-state index in [4.69, 9.17) is 9.47 Å². The van der Waals surface area contributed by atoms with E-state index in [-0.39, 0.29) is 0 Å². The van der Waals surface area contributed by atoms with Gasteiger partial charge in [-0.1, -0.05) is 6.07 Å². The predicted molar refractivity (Wildman–Crippen MR) is 71.6 cm³/mol. The van der Waals surface area contributed by atoms with Gasteiger partial charge in [-0.2, -0.15) is 5.10 Å². The zero-order valence-electron chi connectivity index (χ0n) is 11.3. The second-order valence-electron chi connectivity index (χ2n) is 4.18. The van der Waals surface area contributed by atoms with E-state index in [2.05, 4.69) is 5.10 Å². The Labute approximate surface area is 112 Å². The highest BCUT2D eigenvalue weighted by atomic mass is 16.5. The van der Waals surface area contributed by atoms with E-state index >= 15 is 0 Å². The fourth-order valence-corrected chi connectivity index (χ4v) is 1.90. The second kappa shape index (κ2) is 5.75. The number of benzene rings is 1. The molecular formula is C14H18N2O3. The van der Waals surface area contributed by atoms with Gasteiger partial charge in [0.1, 0.15) is 11.5 Å². The van der Waals surface area contributed by atoms with Crippen LogP contribution in [0, 0.1) is 0 Å². The van der Waals surface area contributed by atoms with Crippen LogP contribution in [0.15, 0.2) is 30.6 Å². The zero-order chi connectivity index (χ0) is 13.8. The fraction of sp³-hybridized carbons (Fsp3) is 0.357. The number of aromatic nitrogens is 2. The average molecular weight is 262 g/mol. The summed E-state index contributed by atoms with van der Waals surface area (Å²) in [6.45, 7) is 4.47. The molecular weight excluding hydrogens is 244 g/mol. The van der Waals surface area contributed by atoms with Crippen LogP contribution in [0.3, 0.4) is 0 Å². The number of hydrogen-bond donors (Lipinski definition) is 1. The van der Waals surface area contributed by atoms with E-state index in [0.717, 1.165) is 6.54 Å². The zero-order valence-corrected chi connectivity index (χ0v) is 11.3. The summed E-state index contributed by atoms with van der Waals surface area (Å²) in [6, 6.07) is 5.42. The summed E-state index contributed by atoms with van der Waals surface area (Å²) < 4.78 is 12.8. The van der Waals surface area contributed by atoms with Crippen LogP contribution in [-0.4, -0.2) is 22.0 Å². The Hall–Kier alpha value is -2.01. The van der Waals surface area contributed by atoms with Crippen molar-refractivity contribution in [2.75, 3.05) is 7.11 Å². The molecule has 0 unspecified atom stereocenters. The largest absolute Gasteiger partial charge is 0.496 e. The first-order valence-corrected chi connectivity index (χ1v) is 6.21. The normalized spacial score (nSPS) is 12.2. The predicted octanol–water partition coefficient (Wildman–Crippen LogP) is 2.76. The van der Waals surface area contributed by atoms with Gasteiger partial charge in [-0.05, 0) is 26.0 Å². The van der Waals surface area contributed by atoms with Gasteiger partial charge in [0.2, 0.25) is 0 Å². The van der Waals surface area contributed by atoms with E-state index < -0.39 is 6.10 Å². The maximum absolute atomic E-state index is 9.87. The Bertz CT molecular complexity index is 549.